The van der Waals surface area contributed by atoms with Gasteiger partial charge in [-0.3, -0.25) is 14.5 Å². The van der Waals surface area contributed by atoms with Crippen LogP contribution in [-0.4, -0.2) is 49.1 Å². The van der Waals surface area contributed by atoms with Crippen molar-refractivity contribution < 1.29 is 19.1 Å². The zero-order chi connectivity index (χ0) is 23.2. The number of ether oxygens (including phenoxy) is 2. The molecule has 2 aromatic rings. The van der Waals surface area contributed by atoms with E-state index in [1.165, 1.54) is 10.5 Å². The number of amides is 2. The van der Waals surface area contributed by atoms with Crippen LogP contribution in [0.15, 0.2) is 48.5 Å². The molecule has 0 N–H and O–H groups in total. The minimum absolute atomic E-state index is 0.104. The van der Waals surface area contributed by atoms with Crippen molar-refractivity contribution >= 4 is 17.5 Å². The van der Waals surface area contributed by atoms with Gasteiger partial charge < -0.3 is 9.47 Å². The van der Waals surface area contributed by atoms with Crippen LogP contribution in [0.2, 0.25) is 0 Å². The molecule has 176 valence electrons. The Morgan fingerprint density at radius 2 is 1.52 bits per heavy atom. The molecule has 0 aromatic heterocycles. The van der Waals surface area contributed by atoms with Gasteiger partial charge >= 0.3 is 0 Å². The van der Waals surface area contributed by atoms with Gasteiger partial charge in [-0.15, -0.1) is 0 Å². The Balaban J connectivity index is 1.31. The molecule has 2 heterocycles. The lowest BCUT2D eigenvalue weighted by Gasteiger charge is -2.34. The van der Waals surface area contributed by atoms with Gasteiger partial charge in [0.2, 0.25) is 5.91 Å². The zero-order valence-electron chi connectivity index (χ0n) is 19.7. The van der Waals surface area contributed by atoms with E-state index in [-0.39, 0.29) is 24.3 Å². The smallest absolute Gasteiger partial charge is 0.251 e. The number of imide groups is 1. The maximum Gasteiger partial charge on any atom is 0.251 e. The third-order valence-corrected chi connectivity index (χ3v) is 6.54. The highest BCUT2D eigenvalue weighted by molar-refractivity contribution is 6.22. The van der Waals surface area contributed by atoms with E-state index < -0.39 is 0 Å². The second kappa shape index (κ2) is 10.8. The van der Waals surface area contributed by atoms with Gasteiger partial charge in [-0.05, 0) is 93.6 Å². The summed E-state index contributed by atoms with van der Waals surface area (Å²) in [6.07, 6.45) is 4.31. The molecule has 0 bridgehead atoms. The fraction of sp³-hybridized carbons (Fsp3) is 0.481. The molecule has 0 saturated carbocycles. The Bertz CT molecular complexity index is 934. The van der Waals surface area contributed by atoms with E-state index >= 15 is 0 Å². The summed E-state index contributed by atoms with van der Waals surface area (Å²) in [5.41, 5.74) is 1.95. The third-order valence-electron chi connectivity index (χ3n) is 6.54. The van der Waals surface area contributed by atoms with Crippen LogP contribution in [0.4, 0.5) is 5.69 Å². The van der Waals surface area contributed by atoms with Gasteiger partial charge in [0.15, 0.2) is 0 Å². The predicted octanol–water partition coefficient (Wildman–Crippen LogP) is 4.46. The molecule has 0 radical (unpaired) electrons. The Labute approximate surface area is 196 Å². The Morgan fingerprint density at radius 3 is 2.15 bits per heavy atom. The summed E-state index contributed by atoms with van der Waals surface area (Å²) in [5.74, 6) is 2.04. The molecule has 33 heavy (non-hydrogen) atoms. The minimum Gasteiger partial charge on any atom is -0.494 e. The lowest BCUT2D eigenvalue weighted by molar-refractivity contribution is -0.123. The number of rotatable bonds is 9. The Hall–Kier alpha value is -2.86. The van der Waals surface area contributed by atoms with Crippen molar-refractivity contribution in [2.24, 2.45) is 5.92 Å². The molecule has 6 nitrogen and oxygen atoms in total. The summed E-state index contributed by atoms with van der Waals surface area (Å²) < 4.78 is 11.1. The lowest BCUT2D eigenvalue weighted by Crippen LogP contribution is -2.46. The molecule has 2 aromatic carbocycles. The fourth-order valence-corrected chi connectivity index (χ4v) is 4.77. The van der Waals surface area contributed by atoms with Crippen LogP contribution in [-0.2, 0) is 16.0 Å². The average Bonchev–Trinajstić information content (AvgIpc) is 3.14. The molecule has 4 rings (SSSR count). The van der Waals surface area contributed by atoms with Crippen molar-refractivity contribution in [1.82, 2.24) is 4.90 Å². The summed E-state index contributed by atoms with van der Waals surface area (Å²) in [4.78, 5) is 29.4. The van der Waals surface area contributed by atoms with Crippen molar-refractivity contribution in [1.29, 1.82) is 0 Å². The van der Waals surface area contributed by atoms with E-state index in [0.29, 0.717) is 24.8 Å². The molecule has 2 aliphatic rings. The summed E-state index contributed by atoms with van der Waals surface area (Å²) in [7, 11) is 0. The van der Waals surface area contributed by atoms with Crippen LogP contribution in [0.25, 0.3) is 0 Å². The number of hydrogen-bond donors (Lipinski definition) is 0. The number of likely N-dealkylation sites (tertiary alicyclic amines) is 1. The number of carbonyl (C=O) groups is 2. The summed E-state index contributed by atoms with van der Waals surface area (Å²) >= 11 is 0. The van der Waals surface area contributed by atoms with Crippen molar-refractivity contribution in [3.8, 4) is 11.5 Å². The molecular weight excluding hydrogens is 416 g/mol. The van der Waals surface area contributed by atoms with E-state index in [9.17, 15) is 9.59 Å². The lowest BCUT2D eigenvalue weighted by atomic mass is 9.89. The summed E-state index contributed by atoms with van der Waals surface area (Å²) in [6.45, 7) is 7.07. The van der Waals surface area contributed by atoms with Gasteiger partial charge in [0.1, 0.15) is 11.5 Å². The molecule has 0 spiro atoms. The minimum atomic E-state index is -0.347. The number of hydrogen-bond acceptors (Lipinski definition) is 5. The van der Waals surface area contributed by atoms with Crippen LogP contribution in [0.5, 0.6) is 11.5 Å². The number of benzene rings is 2. The SMILES string of the molecule is CCCOc1ccc(N2C(=O)C[C@@H](N3CCC(Cc4ccc(OCC)cc4)CC3)C2=O)cc1. The standard InChI is InChI=1S/C27H34N2O4/c1-3-17-33-24-11-7-22(8-12-24)29-26(30)19-25(27(29)31)28-15-13-21(14-16-28)18-20-5-9-23(10-6-20)32-4-2/h5-12,21,25H,3-4,13-19H2,1-2H3/t25-/m1/s1. The average molecular weight is 451 g/mol. The van der Waals surface area contributed by atoms with E-state index in [4.69, 9.17) is 9.47 Å². The Kier molecular flexibility index (Phi) is 7.65. The number of carbonyl (C=O) groups excluding carboxylic acids is 2. The van der Waals surface area contributed by atoms with Gasteiger partial charge in [0.05, 0.1) is 31.4 Å². The number of nitrogens with zero attached hydrogens (tertiary/aromatic N) is 2. The molecule has 0 aliphatic carbocycles. The highest BCUT2D eigenvalue weighted by Crippen LogP contribution is 2.30. The second-order valence-electron chi connectivity index (χ2n) is 8.89. The monoisotopic (exact) mass is 450 g/mol. The van der Waals surface area contributed by atoms with Gasteiger partial charge in [0, 0.05) is 0 Å². The van der Waals surface area contributed by atoms with Crippen LogP contribution in [0.3, 0.4) is 0 Å². The van der Waals surface area contributed by atoms with Gasteiger partial charge in [-0.2, -0.15) is 0 Å². The van der Waals surface area contributed by atoms with E-state index in [0.717, 1.165) is 50.3 Å². The Morgan fingerprint density at radius 1 is 0.879 bits per heavy atom. The van der Waals surface area contributed by atoms with Crippen molar-refractivity contribution in [3.05, 3.63) is 54.1 Å². The molecule has 6 heteroatoms. The molecule has 2 amide bonds. The molecule has 2 saturated heterocycles. The summed E-state index contributed by atoms with van der Waals surface area (Å²) in [6, 6.07) is 15.3. The maximum absolute atomic E-state index is 13.2. The first-order valence-electron chi connectivity index (χ1n) is 12.1. The largest absolute Gasteiger partial charge is 0.494 e. The van der Waals surface area contributed by atoms with Crippen molar-refractivity contribution in [2.75, 3.05) is 31.2 Å². The summed E-state index contributed by atoms with van der Waals surface area (Å²) in [5, 5.41) is 0. The van der Waals surface area contributed by atoms with Gasteiger partial charge in [0.25, 0.3) is 5.91 Å². The van der Waals surface area contributed by atoms with Gasteiger partial charge in [-0.25, -0.2) is 4.90 Å². The molecule has 2 fully saturated rings. The van der Waals surface area contributed by atoms with Gasteiger partial charge in [-0.1, -0.05) is 19.1 Å². The normalized spacial score (nSPS) is 19.8. The van der Waals surface area contributed by atoms with Crippen molar-refractivity contribution in [3.63, 3.8) is 0 Å². The molecule has 0 unspecified atom stereocenters. The fourth-order valence-electron chi connectivity index (χ4n) is 4.77. The van der Waals surface area contributed by atoms with Crippen LogP contribution in [0.1, 0.15) is 45.1 Å². The molecule has 1 atom stereocenters. The van der Waals surface area contributed by atoms with Crippen LogP contribution >= 0.6 is 0 Å². The second-order valence-corrected chi connectivity index (χ2v) is 8.89. The molecule has 2 aliphatic heterocycles. The number of piperidine rings is 1. The zero-order valence-corrected chi connectivity index (χ0v) is 19.7. The first-order chi connectivity index (χ1) is 16.1. The van der Waals surface area contributed by atoms with E-state index in [2.05, 4.69) is 24.0 Å². The van der Waals surface area contributed by atoms with Crippen molar-refractivity contribution in [2.45, 2.75) is 52.0 Å². The quantitative estimate of drug-likeness (QED) is 0.528. The molecular formula is C27H34N2O4. The topological polar surface area (TPSA) is 59.1 Å². The first kappa shape index (κ1) is 23.3. The van der Waals surface area contributed by atoms with Crippen LogP contribution in [0, 0.1) is 5.92 Å². The maximum atomic E-state index is 13.2. The highest BCUT2D eigenvalue weighted by atomic mass is 16.5. The van der Waals surface area contributed by atoms with Crippen LogP contribution < -0.4 is 14.4 Å². The van der Waals surface area contributed by atoms with E-state index in [1.54, 1.807) is 12.1 Å². The third kappa shape index (κ3) is 5.56. The number of anilines is 1. The highest BCUT2D eigenvalue weighted by Gasteiger charge is 2.43. The van der Waals surface area contributed by atoms with E-state index in [1.807, 2.05) is 31.2 Å². The first-order valence-corrected chi connectivity index (χ1v) is 12.1. The predicted molar refractivity (Wildman–Crippen MR) is 129 cm³/mol.